The number of nitrogens with two attached hydrogens (primary N) is 1. The molecule has 1 saturated carbocycles. The Morgan fingerprint density at radius 1 is 1.38 bits per heavy atom. The van der Waals surface area contributed by atoms with Crippen LogP contribution in [0.25, 0.3) is 0 Å². The molecule has 2 unspecified atom stereocenters. The van der Waals surface area contributed by atoms with Crippen molar-refractivity contribution in [3.63, 3.8) is 0 Å². The third-order valence-electron chi connectivity index (χ3n) is 1.93. The van der Waals surface area contributed by atoms with Crippen LogP contribution in [-0.4, -0.2) is 31.7 Å². The van der Waals surface area contributed by atoms with E-state index in [0.29, 0.717) is 19.5 Å². The van der Waals surface area contributed by atoms with Crippen LogP contribution in [0.4, 0.5) is 0 Å². The summed E-state index contributed by atoms with van der Waals surface area (Å²) < 4.78 is 10.7. The van der Waals surface area contributed by atoms with Gasteiger partial charge in [-0.2, -0.15) is 0 Å². The van der Waals surface area contributed by atoms with Gasteiger partial charge in [-0.25, -0.2) is 0 Å². The van der Waals surface area contributed by atoms with Gasteiger partial charge in [0.15, 0.2) is 6.29 Å². The second-order valence-corrected chi connectivity index (χ2v) is 2.78. The number of rotatable bonds is 5. The van der Waals surface area contributed by atoms with E-state index < -0.39 is 0 Å². The van der Waals surface area contributed by atoms with Gasteiger partial charge in [0.2, 0.25) is 0 Å². The van der Waals surface area contributed by atoms with Crippen LogP contribution < -0.4 is 5.73 Å². The summed E-state index contributed by atoms with van der Waals surface area (Å²) in [5, 5.41) is 0. The first kappa shape index (κ1) is 10.2. The summed E-state index contributed by atoms with van der Waals surface area (Å²) in [6.45, 7) is 5.00. The number of hydrogen-bond donors (Lipinski definition) is 1. The largest absolute Gasteiger partial charge is 0.396 e. The molecule has 13 heavy (non-hydrogen) atoms. The van der Waals surface area contributed by atoms with Crippen LogP contribution in [0.15, 0.2) is 11.3 Å². The molecule has 0 spiro atoms. The highest BCUT2D eigenvalue weighted by molar-refractivity contribution is 5.76. The molecule has 4 nitrogen and oxygen atoms in total. The number of hydrogen-bond acceptors (Lipinski definition) is 4. The van der Waals surface area contributed by atoms with Crippen molar-refractivity contribution in [3.8, 4) is 0 Å². The van der Waals surface area contributed by atoms with E-state index in [4.69, 9.17) is 15.2 Å². The first-order chi connectivity index (χ1) is 6.26. The van der Waals surface area contributed by atoms with E-state index in [-0.39, 0.29) is 17.9 Å². The maximum Gasteiger partial charge on any atom is 0.165 e. The average molecular weight is 185 g/mol. The van der Waals surface area contributed by atoms with E-state index in [1.807, 2.05) is 13.8 Å². The van der Waals surface area contributed by atoms with Gasteiger partial charge in [-0.3, -0.25) is 4.79 Å². The van der Waals surface area contributed by atoms with Gasteiger partial charge in [-0.05, 0) is 13.8 Å². The lowest BCUT2D eigenvalue weighted by Gasteiger charge is -1.97. The second kappa shape index (κ2) is 4.39. The number of carbonyl (C=O) groups is 1. The van der Waals surface area contributed by atoms with E-state index in [2.05, 4.69) is 0 Å². The molecular weight excluding hydrogens is 170 g/mol. The molecular formula is C9H15NO3. The third-order valence-corrected chi connectivity index (χ3v) is 1.93. The summed E-state index contributed by atoms with van der Waals surface area (Å²) in [6, 6.07) is 0. The second-order valence-electron chi connectivity index (χ2n) is 2.78. The van der Waals surface area contributed by atoms with Crippen LogP contribution in [0, 0.1) is 0 Å². The Morgan fingerprint density at radius 2 is 1.85 bits per heavy atom. The van der Waals surface area contributed by atoms with Crippen molar-refractivity contribution in [3.05, 3.63) is 11.3 Å². The lowest BCUT2D eigenvalue weighted by atomic mass is 10.4. The highest BCUT2D eigenvalue weighted by Crippen LogP contribution is 2.37. The molecule has 2 atom stereocenters. The zero-order valence-corrected chi connectivity index (χ0v) is 7.95. The first-order valence-corrected chi connectivity index (χ1v) is 4.44. The van der Waals surface area contributed by atoms with Gasteiger partial charge in [0, 0.05) is 18.8 Å². The number of allylic oxidation sites excluding steroid dienone is 1. The minimum atomic E-state index is -0.102. The lowest BCUT2D eigenvalue weighted by Crippen LogP contribution is -2.02. The molecule has 1 fully saturated rings. The highest BCUT2D eigenvalue weighted by Gasteiger charge is 2.48. The molecule has 1 aliphatic rings. The molecule has 0 saturated heterocycles. The Hall–Kier alpha value is -0.870. The Balaban J connectivity index is 2.60. The molecule has 0 aromatic heterocycles. The zero-order chi connectivity index (χ0) is 9.84. The monoisotopic (exact) mass is 185 g/mol. The van der Waals surface area contributed by atoms with Gasteiger partial charge in [0.25, 0.3) is 0 Å². The molecule has 4 heteroatoms. The van der Waals surface area contributed by atoms with E-state index in [0.717, 1.165) is 5.57 Å². The SMILES string of the molecule is CCOC1C(=C(N)C=O)C1OCC. The van der Waals surface area contributed by atoms with E-state index >= 15 is 0 Å². The standard InChI is InChI=1S/C9H15NO3/c1-3-12-8-7(6(10)5-11)9(8)13-4-2/h5,8-9H,3-4,10H2,1-2H3. The zero-order valence-electron chi connectivity index (χ0n) is 7.95. The lowest BCUT2D eigenvalue weighted by molar-refractivity contribution is -0.105. The van der Waals surface area contributed by atoms with Crippen LogP contribution in [0.3, 0.4) is 0 Å². The van der Waals surface area contributed by atoms with Crippen molar-refractivity contribution in [2.24, 2.45) is 5.73 Å². The molecule has 0 amide bonds. The Bertz CT molecular complexity index is 211. The Kier molecular flexibility index (Phi) is 3.45. The van der Waals surface area contributed by atoms with Gasteiger partial charge in [0.05, 0.1) is 5.70 Å². The fourth-order valence-electron chi connectivity index (χ4n) is 1.33. The topological polar surface area (TPSA) is 61.5 Å². The van der Waals surface area contributed by atoms with Crippen molar-refractivity contribution in [2.45, 2.75) is 26.1 Å². The van der Waals surface area contributed by atoms with Crippen molar-refractivity contribution < 1.29 is 14.3 Å². The predicted octanol–water partition coefficient (Wildman–Crippen LogP) is 0.222. The van der Waals surface area contributed by atoms with Crippen LogP contribution >= 0.6 is 0 Å². The molecule has 0 bridgehead atoms. The van der Waals surface area contributed by atoms with Gasteiger partial charge in [-0.1, -0.05) is 0 Å². The molecule has 0 aliphatic heterocycles. The van der Waals surface area contributed by atoms with Crippen LogP contribution in [0.5, 0.6) is 0 Å². The van der Waals surface area contributed by atoms with E-state index in [1.54, 1.807) is 0 Å². The maximum atomic E-state index is 10.4. The smallest absolute Gasteiger partial charge is 0.165 e. The molecule has 0 heterocycles. The molecule has 74 valence electrons. The average Bonchev–Trinajstić information content (AvgIpc) is 2.79. The minimum Gasteiger partial charge on any atom is -0.396 e. The normalized spacial score (nSPS) is 25.8. The van der Waals surface area contributed by atoms with Gasteiger partial charge in [-0.15, -0.1) is 0 Å². The van der Waals surface area contributed by atoms with E-state index in [1.165, 1.54) is 0 Å². The fourth-order valence-corrected chi connectivity index (χ4v) is 1.33. The minimum absolute atomic E-state index is 0.102. The third kappa shape index (κ3) is 2.08. The summed E-state index contributed by atoms with van der Waals surface area (Å²) >= 11 is 0. The Labute approximate surface area is 77.7 Å². The summed E-state index contributed by atoms with van der Waals surface area (Å²) in [5.74, 6) is 0. The fraction of sp³-hybridized carbons (Fsp3) is 0.667. The van der Waals surface area contributed by atoms with Gasteiger partial charge in [0.1, 0.15) is 12.2 Å². The van der Waals surface area contributed by atoms with Crippen LogP contribution in [0.2, 0.25) is 0 Å². The van der Waals surface area contributed by atoms with Crippen LogP contribution in [0.1, 0.15) is 13.8 Å². The van der Waals surface area contributed by atoms with Crippen molar-refractivity contribution in [1.29, 1.82) is 0 Å². The maximum absolute atomic E-state index is 10.4. The van der Waals surface area contributed by atoms with Gasteiger partial charge < -0.3 is 15.2 Å². The summed E-state index contributed by atoms with van der Waals surface area (Å²) in [4.78, 5) is 10.4. The first-order valence-electron chi connectivity index (χ1n) is 4.44. The van der Waals surface area contributed by atoms with Crippen molar-refractivity contribution >= 4 is 6.29 Å². The Morgan fingerprint density at radius 3 is 2.15 bits per heavy atom. The van der Waals surface area contributed by atoms with E-state index in [9.17, 15) is 4.79 Å². The molecule has 0 aromatic rings. The molecule has 1 aliphatic carbocycles. The summed E-state index contributed by atoms with van der Waals surface area (Å²) in [7, 11) is 0. The molecule has 2 N–H and O–H groups in total. The molecule has 0 aromatic carbocycles. The summed E-state index contributed by atoms with van der Waals surface area (Å²) in [5.41, 5.74) is 6.51. The number of carbonyl (C=O) groups excluding carboxylic acids is 1. The molecule has 0 radical (unpaired) electrons. The van der Waals surface area contributed by atoms with Crippen LogP contribution in [-0.2, 0) is 14.3 Å². The number of aldehydes is 1. The quantitative estimate of drug-likeness (QED) is 0.491. The number of ether oxygens (including phenoxy) is 2. The summed E-state index contributed by atoms with van der Waals surface area (Å²) in [6.07, 6.45) is 0.436. The van der Waals surface area contributed by atoms with Crippen molar-refractivity contribution in [2.75, 3.05) is 13.2 Å². The molecule has 1 rings (SSSR count). The van der Waals surface area contributed by atoms with Crippen molar-refractivity contribution in [1.82, 2.24) is 0 Å². The predicted molar refractivity (Wildman–Crippen MR) is 48.1 cm³/mol. The van der Waals surface area contributed by atoms with Gasteiger partial charge >= 0.3 is 0 Å². The highest BCUT2D eigenvalue weighted by atomic mass is 16.6.